The van der Waals surface area contributed by atoms with Crippen LogP contribution in [-0.4, -0.2) is 23.0 Å². The molecule has 1 aliphatic rings. The van der Waals surface area contributed by atoms with Crippen molar-refractivity contribution in [1.29, 1.82) is 0 Å². The first-order valence-electron chi connectivity index (χ1n) is 14.5. The Kier molecular flexibility index (Phi) is 9.47. The molecule has 0 N–H and O–H groups in total. The molecule has 0 bridgehead atoms. The number of aromatic nitrogens is 3. The van der Waals surface area contributed by atoms with E-state index in [9.17, 15) is 0 Å². The summed E-state index contributed by atoms with van der Waals surface area (Å²) in [6.07, 6.45) is 12.4. The molecule has 0 spiro atoms. The maximum absolute atomic E-state index is 5.86. The van der Waals surface area contributed by atoms with Crippen molar-refractivity contribution < 1.29 is 24.5 Å². The van der Waals surface area contributed by atoms with E-state index in [2.05, 4.69) is 66.1 Å². The van der Waals surface area contributed by atoms with Crippen LogP contribution in [0.15, 0.2) is 95.8 Å². The van der Waals surface area contributed by atoms with Crippen molar-refractivity contribution in [3.63, 3.8) is 0 Å². The van der Waals surface area contributed by atoms with Crippen molar-refractivity contribution >= 4 is 35.3 Å². The SMILES string of the molecule is C[Si](C)(C)c1cnc(-c2[c-]cc3oc4ncccc4c3c2)cc1CC1CCCC1.[Ir].[c-]1ccccc1-c1ccccn1. The van der Waals surface area contributed by atoms with Crippen LogP contribution in [0.3, 0.4) is 0 Å². The van der Waals surface area contributed by atoms with E-state index < -0.39 is 8.07 Å². The zero-order valence-electron chi connectivity index (χ0n) is 24.4. The fourth-order valence-corrected chi connectivity index (χ4v) is 7.38. The first-order valence-corrected chi connectivity index (χ1v) is 18.0. The van der Waals surface area contributed by atoms with E-state index in [-0.39, 0.29) is 20.1 Å². The van der Waals surface area contributed by atoms with Crippen LogP contribution < -0.4 is 5.19 Å². The second-order valence-electron chi connectivity index (χ2n) is 11.9. The third-order valence-corrected chi connectivity index (χ3v) is 9.95. The molecule has 2 aromatic carbocycles. The largest absolute Gasteiger partial charge is 0.486 e. The molecule has 6 aromatic rings. The first-order chi connectivity index (χ1) is 20.0. The maximum atomic E-state index is 5.86. The van der Waals surface area contributed by atoms with Gasteiger partial charge in [0.15, 0.2) is 0 Å². The Morgan fingerprint density at radius 1 is 0.810 bits per heavy atom. The maximum Gasteiger partial charge on any atom is 0.216 e. The molecule has 1 aliphatic carbocycles. The molecule has 7 rings (SSSR count). The Morgan fingerprint density at radius 3 is 2.36 bits per heavy atom. The smallest absolute Gasteiger partial charge is 0.216 e. The van der Waals surface area contributed by atoms with Crippen LogP contribution in [0.25, 0.3) is 44.6 Å². The minimum Gasteiger partial charge on any atom is -0.486 e. The summed E-state index contributed by atoms with van der Waals surface area (Å²) in [5, 5.41) is 3.63. The average Bonchev–Trinajstić information content (AvgIpc) is 3.65. The van der Waals surface area contributed by atoms with Gasteiger partial charge in [0.2, 0.25) is 5.71 Å². The molecule has 6 heteroatoms. The summed E-state index contributed by atoms with van der Waals surface area (Å²) in [5.41, 5.74) is 7.06. The number of pyridine rings is 3. The van der Waals surface area contributed by atoms with E-state index in [1.807, 2.05) is 54.6 Å². The predicted molar refractivity (Wildman–Crippen MR) is 171 cm³/mol. The number of benzene rings is 2. The van der Waals surface area contributed by atoms with Gasteiger partial charge in [-0.3, -0.25) is 0 Å². The van der Waals surface area contributed by atoms with Gasteiger partial charge in [-0.15, -0.1) is 59.7 Å². The molecule has 1 fully saturated rings. The molecule has 4 nitrogen and oxygen atoms in total. The second kappa shape index (κ2) is 13.2. The summed E-state index contributed by atoms with van der Waals surface area (Å²) in [6, 6.07) is 30.6. The zero-order chi connectivity index (χ0) is 28.2. The van der Waals surface area contributed by atoms with Gasteiger partial charge in [-0.05, 0) is 47.1 Å². The fourth-order valence-electron chi connectivity index (χ4n) is 5.79. The van der Waals surface area contributed by atoms with Gasteiger partial charge in [0.25, 0.3) is 0 Å². The fraction of sp³-hybridized carbons (Fsp3) is 0.250. The number of hydrogen-bond acceptors (Lipinski definition) is 4. The van der Waals surface area contributed by atoms with Crippen molar-refractivity contribution in [3.8, 4) is 22.5 Å². The molecule has 0 aliphatic heterocycles. The Balaban J connectivity index is 0.000000228. The van der Waals surface area contributed by atoms with E-state index in [0.29, 0.717) is 5.71 Å². The molecule has 4 aromatic heterocycles. The van der Waals surface area contributed by atoms with E-state index in [1.165, 1.54) is 42.9 Å². The number of nitrogens with zero attached hydrogens (tertiary/aromatic N) is 3. The molecule has 0 atom stereocenters. The van der Waals surface area contributed by atoms with Gasteiger partial charge in [0.05, 0.1) is 13.7 Å². The van der Waals surface area contributed by atoms with Crippen LogP contribution >= 0.6 is 0 Å². The van der Waals surface area contributed by atoms with E-state index >= 15 is 0 Å². The van der Waals surface area contributed by atoms with Crippen molar-refractivity contribution in [3.05, 3.63) is 109 Å². The van der Waals surface area contributed by atoms with Gasteiger partial charge in [0.1, 0.15) is 0 Å². The van der Waals surface area contributed by atoms with E-state index in [4.69, 9.17) is 9.40 Å². The number of furan rings is 1. The summed E-state index contributed by atoms with van der Waals surface area (Å²) in [4.78, 5) is 13.4. The molecule has 215 valence electrons. The third kappa shape index (κ3) is 6.78. The third-order valence-electron chi connectivity index (χ3n) is 7.89. The Bertz CT molecular complexity index is 1720. The van der Waals surface area contributed by atoms with Crippen molar-refractivity contribution in [2.24, 2.45) is 5.92 Å². The zero-order valence-corrected chi connectivity index (χ0v) is 27.8. The van der Waals surface area contributed by atoms with Crippen LogP contribution in [0, 0.1) is 18.1 Å². The van der Waals surface area contributed by atoms with Gasteiger partial charge in [-0.1, -0.05) is 74.5 Å². The summed E-state index contributed by atoms with van der Waals surface area (Å²) >= 11 is 0. The number of rotatable bonds is 5. The average molecular weight is 746 g/mol. The molecule has 0 saturated heterocycles. The molecule has 1 radical (unpaired) electrons. The van der Waals surface area contributed by atoms with Crippen LogP contribution in [0.4, 0.5) is 0 Å². The molecular formula is C36H35IrN3OSi-2. The molecule has 42 heavy (non-hydrogen) atoms. The Morgan fingerprint density at radius 2 is 1.62 bits per heavy atom. The van der Waals surface area contributed by atoms with Crippen LogP contribution in [0.5, 0.6) is 0 Å². The van der Waals surface area contributed by atoms with Crippen molar-refractivity contribution in [1.82, 2.24) is 15.0 Å². The standard InChI is InChI=1S/C25H27N2OSi.C11H8N.Ir/c1-29(2,3)24-16-27-22(15-19(24)13-17-7-4-5-8-17)18-10-11-23-21(14-18)20-9-6-12-26-25(20)28-23;1-2-6-10(7-3-1)11-8-4-5-9-12-11;/h6,9,11-12,14-17H,4-5,7-8,13H2,1-3H3;1-6,8-9H;/q2*-1;. The molecule has 1 saturated carbocycles. The minimum absolute atomic E-state index is 0. The van der Waals surface area contributed by atoms with Gasteiger partial charge in [0, 0.05) is 44.1 Å². The Hall–Kier alpha value is -3.44. The Labute approximate surface area is 263 Å². The summed E-state index contributed by atoms with van der Waals surface area (Å²) in [5.74, 6) is 0.829. The molecule has 0 amide bonds. The second-order valence-corrected chi connectivity index (χ2v) is 16.9. The van der Waals surface area contributed by atoms with Crippen molar-refractivity contribution in [2.75, 3.05) is 0 Å². The van der Waals surface area contributed by atoms with E-state index in [1.54, 1.807) is 12.4 Å². The van der Waals surface area contributed by atoms with Gasteiger partial charge < -0.3 is 14.4 Å². The summed E-state index contributed by atoms with van der Waals surface area (Å²) in [7, 11) is -1.44. The summed E-state index contributed by atoms with van der Waals surface area (Å²) < 4.78 is 5.86. The van der Waals surface area contributed by atoms with Crippen LogP contribution in [-0.2, 0) is 26.5 Å². The summed E-state index contributed by atoms with van der Waals surface area (Å²) in [6.45, 7) is 7.26. The van der Waals surface area contributed by atoms with Crippen LogP contribution in [0.2, 0.25) is 19.6 Å². The van der Waals surface area contributed by atoms with Crippen LogP contribution in [0.1, 0.15) is 31.2 Å². The van der Waals surface area contributed by atoms with E-state index in [0.717, 1.165) is 44.8 Å². The number of hydrogen-bond donors (Lipinski definition) is 0. The predicted octanol–water partition coefficient (Wildman–Crippen LogP) is 8.67. The topological polar surface area (TPSA) is 51.8 Å². The molecule has 0 unspecified atom stereocenters. The van der Waals surface area contributed by atoms with Gasteiger partial charge in [-0.2, -0.15) is 0 Å². The normalized spacial score (nSPS) is 13.5. The molecule has 4 heterocycles. The molecular weight excluding hydrogens is 711 g/mol. The minimum atomic E-state index is -1.44. The van der Waals surface area contributed by atoms with Gasteiger partial charge >= 0.3 is 0 Å². The quantitative estimate of drug-likeness (QED) is 0.131. The van der Waals surface area contributed by atoms with Gasteiger partial charge in [-0.25, -0.2) is 4.98 Å². The number of fused-ring (bicyclic) bond motifs is 3. The first kappa shape index (κ1) is 30.0. The monoisotopic (exact) mass is 746 g/mol. The van der Waals surface area contributed by atoms with Crippen molar-refractivity contribution in [2.45, 2.75) is 51.7 Å².